The molecule has 0 fully saturated rings. The number of fused-ring (bicyclic) bond motifs is 2. The molecule has 0 saturated heterocycles. The molecule has 0 saturated carbocycles. The molecular formula is C80H78N8+4. The van der Waals surface area contributed by atoms with E-state index in [1.807, 2.05) is 0 Å². The van der Waals surface area contributed by atoms with Crippen molar-refractivity contribution in [2.24, 2.45) is 0 Å². The van der Waals surface area contributed by atoms with Crippen LogP contribution in [-0.2, 0) is 37.5 Å². The van der Waals surface area contributed by atoms with Gasteiger partial charge in [-0.05, 0) is 196 Å². The van der Waals surface area contributed by atoms with Gasteiger partial charge in [-0.2, -0.15) is 18.3 Å². The fourth-order valence-electron chi connectivity index (χ4n) is 20.6. The molecule has 2 unspecified atom stereocenters. The Morgan fingerprint density at radius 2 is 0.716 bits per heavy atom. The van der Waals surface area contributed by atoms with E-state index in [9.17, 15) is 0 Å². The molecule has 7 aromatic rings. The molecule has 12 aliphatic heterocycles. The van der Waals surface area contributed by atoms with Crippen molar-refractivity contribution in [3.05, 3.63) is 216 Å². The van der Waals surface area contributed by atoms with Gasteiger partial charge in [0, 0.05) is 81.0 Å². The molecule has 12 aliphatic rings. The van der Waals surface area contributed by atoms with E-state index in [-0.39, 0.29) is 0 Å². The van der Waals surface area contributed by atoms with E-state index in [0.29, 0.717) is 0 Å². The molecule has 8 heteroatoms. The van der Waals surface area contributed by atoms with E-state index in [1.165, 1.54) is 223 Å². The fraction of sp³-hybridized carbons (Fsp3) is 0.325. The molecule has 0 bridgehead atoms. The lowest BCUT2D eigenvalue weighted by Gasteiger charge is -2.40. The first-order chi connectivity index (χ1) is 42.7. The molecule has 0 radical (unpaired) electrons. The lowest BCUT2D eigenvalue weighted by atomic mass is 9.85. The predicted octanol–water partition coefficient (Wildman–Crippen LogP) is 13.1. The average Bonchev–Trinajstić information content (AvgIpc) is 1.43. The Hall–Kier alpha value is -8.62. The van der Waals surface area contributed by atoms with Crippen LogP contribution in [0, 0.1) is 27.7 Å². The third kappa shape index (κ3) is 5.04. The van der Waals surface area contributed by atoms with Crippen molar-refractivity contribution in [3.63, 3.8) is 0 Å². The summed E-state index contributed by atoms with van der Waals surface area (Å²) in [4.78, 5) is 0. The summed E-state index contributed by atoms with van der Waals surface area (Å²) in [5, 5.41) is 10.5. The normalized spacial score (nSPS) is 22.1. The number of hydrogen-bond acceptors (Lipinski definition) is 0. The zero-order valence-electron chi connectivity index (χ0n) is 54.3. The summed E-state index contributed by atoms with van der Waals surface area (Å²) >= 11 is 0. The summed E-state index contributed by atoms with van der Waals surface area (Å²) in [6, 6.07) is 19.6. The zero-order valence-corrected chi connectivity index (χ0v) is 54.3. The van der Waals surface area contributed by atoms with Crippen LogP contribution in [0.25, 0.3) is 69.1 Å². The van der Waals surface area contributed by atoms with Gasteiger partial charge in [0.05, 0.1) is 55.3 Å². The maximum atomic E-state index is 2.86. The minimum absolute atomic E-state index is 0.737. The highest BCUT2D eigenvalue weighted by Crippen LogP contribution is 2.59. The molecule has 3 aromatic carbocycles. The Bertz CT molecular complexity index is 5240. The lowest BCUT2D eigenvalue weighted by Crippen LogP contribution is -2.70. The van der Waals surface area contributed by atoms with Crippen LogP contribution in [0.5, 0.6) is 0 Å². The van der Waals surface area contributed by atoms with Crippen molar-refractivity contribution in [2.45, 2.75) is 174 Å². The monoisotopic (exact) mass is 1150 g/mol. The van der Waals surface area contributed by atoms with Gasteiger partial charge >= 0.3 is 11.8 Å². The minimum Gasteiger partial charge on any atom is -0.199 e. The molecule has 8 nitrogen and oxygen atoms in total. The van der Waals surface area contributed by atoms with Crippen LogP contribution < -0.4 is 21.4 Å². The van der Waals surface area contributed by atoms with Gasteiger partial charge in [0.2, 0.25) is 45.6 Å². The third-order valence-corrected chi connectivity index (χ3v) is 24.1. The number of rotatable bonds is 10. The number of nitrogens with zero attached hydrogens (tertiary/aromatic N) is 8. The van der Waals surface area contributed by atoms with Gasteiger partial charge in [0.1, 0.15) is 0 Å². The van der Waals surface area contributed by atoms with Crippen LogP contribution in [0.4, 0.5) is 0 Å². The molecule has 2 spiro atoms. The van der Waals surface area contributed by atoms with Gasteiger partial charge in [0.25, 0.3) is 0 Å². The first-order valence-electron chi connectivity index (χ1n) is 33.5. The van der Waals surface area contributed by atoms with Gasteiger partial charge in [-0.15, -0.1) is 0 Å². The molecule has 0 aliphatic carbocycles. The highest BCUT2D eigenvalue weighted by atomic mass is 15.6. The van der Waals surface area contributed by atoms with Crippen LogP contribution in [0.1, 0.15) is 187 Å². The Kier molecular flexibility index (Phi) is 9.56. The van der Waals surface area contributed by atoms with E-state index < -0.39 is 11.8 Å². The molecule has 0 N–H and O–H groups in total. The first kappa shape index (κ1) is 51.4. The van der Waals surface area contributed by atoms with Crippen LogP contribution in [0.3, 0.4) is 0 Å². The second-order valence-corrected chi connectivity index (χ2v) is 27.1. The standard InChI is InChI=1S/C80H78N8/c1-17-49-39(9)61-33-69-53(21-5)43(13)75-73(76-44(14)54(22-6)70-34-62-40(10)50(18-2)66-37-65(49)81(61)79(82(62)66,85(69)75)86(70)76)57-29-25-27-47-31-48-28-26-30-58(60(48)32-59(47)57)74-77-45(15)55(23-7)71-35-63-41(11)51(19-3)67-38-68-52(20-4)42(12)64-36-72-56(24-8)46(16)78(74)88(72)80(83(63)67,84(64)68)87(71)77/h25-38H,17-24H2,1-16H3/q+4. The smallest absolute Gasteiger partial charge is 0.199 e. The van der Waals surface area contributed by atoms with Gasteiger partial charge in [0.15, 0.2) is 0 Å². The van der Waals surface area contributed by atoms with Gasteiger partial charge < -0.3 is 0 Å². The lowest BCUT2D eigenvalue weighted by molar-refractivity contribution is -0.835. The fourth-order valence-corrected chi connectivity index (χ4v) is 20.6. The predicted molar refractivity (Wildman–Crippen MR) is 360 cm³/mol. The Morgan fingerprint density at radius 3 is 1.09 bits per heavy atom. The summed E-state index contributed by atoms with van der Waals surface area (Å²) in [6.07, 6.45) is 23.2. The van der Waals surface area contributed by atoms with E-state index in [4.69, 9.17) is 0 Å². The van der Waals surface area contributed by atoms with Crippen molar-refractivity contribution >= 4 is 92.0 Å². The van der Waals surface area contributed by atoms with Crippen LogP contribution in [-0.4, -0.2) is 59.4 Å². The van der Waals surface area contributed by atoms with Gasteiger partial charge in [-0.1, -0.05) is 110 Å². The number of benzene rings is 3. The van der Waals surface area contributed by atoms with E-state index in [2.05, 4.69) is 232 Å². The first-order valence-corrected chi connectivity index (χ1v) is 33.5. The van der Waals surface area contributed by atoms with Crippen LogP contribution in [0.2, 0.25) is 0 Å². The quantitative estimate of drug-likeness (QED) is 0.0966. The van der Waals surface area contributed by atoms with Gasteiger partial charge in [-0.25, -0.2) is 0 Å². The maximum absolute atomic E-state index is 2.86. The average molecular weight is 1150 g/mol. The van der Waals surface area contributed by atoms with Crippen molar-refractivity contribution in [1.82, 2.24) is 18.3 Å². The molecular weight excluding hydrogens is 1070 g/mol. The summed E-state index contributed by atoms with van der Waals surface area (Å²) in [6.45, 7) is 38.4. The second kappa shape index (κ2) is 16.4. The van der Waals surface area contributed by atoms with Crippen LogP contribution >= 0.6 is 0 Å². The molecule has 4 aromatic heterocycles. The van der Waals surface area contributed by atoms with Crippen molar-refractivity contribution in [1.29, 1.82) is 0 Å². The van der Waals surface area contributed by atoms with Crippen molar-refractivity contribution < 1.29 is 18.3 Å². The van der Waals surface area contributed by atoms with Gasteiger partial charge in [-0.3, -0.25) is 0 Å². The largest absolute Gasteiger partial charge is 0.553 e. The Morgan fingerprint density at radius 1 is 0.352 bits per heavy atom. The summed E-state index contributed by atoms with van der Waals surface area (Å²) in [5.41, 5.74) is 44.3. The molecule has 88 heavy (non-hydrogen) atoms. The maximum Gasteiger partial charge on any atom is 0.553 e. The van der Waals surface area contributed by atoms with E-state index in [0.717, 1.165) is 51.4 Å². The van der Waals surface area contributed by atoms with E-state index >= 15 is 0 Å². The molecule has 16 heterocycles. The number of hydrogen-bond donors (Lipinski definition) is 0. The number of aromatic nitrogens is 4. The Labute approximate surface area is 515 Å². The number of allylic oxidation sites excluding steroid dienone is 8. The summed E-state index contributed by atoms with van der Waals surface area (Å²) in [7, 11) is 0. The highest BCUT2D eigenvalue weighted by molar-refractivity contribution is 6.24. The molecule has 434 valence electrons. The van der Waals surface area contributed by atoms with Crippen LogP contribution in [0.15, 0.2) is 116 Å². The summed E-state index contributed by atoms with van der Waals surface area (Å²) in [5.74, 6) is -1.47. The topological polar surface area (TPSA) is 31.8 Å². The second-order valence-electron chi connectivity index (χ2n) is 27.1. The third-order valence-electron chi connectivity index (χ3n) is 24.1. The molecule has 19 rings (SSSR count). The summed E-state index contributed by atoms with van der Waals surface area (Å²) < 4.78 is 22.6. The zero-order chi connectivity index (χ0) is 60.3. The van der Waals surface area contributed by atoms with E-state index in [1.54, 1.807) is 0 Å². The van der Waals surface area contributed by atoms with Crippen molar-refractivity contribution in [2.75, 3.05) is 0 Å². The minimum atomic E-state index is -0.737. The SMILES string of the molecule is CCC1=C(C)C2=Cc3c(CC)c(C)c4n3C35n6c(c(C)c(CC)c6=CC1=[N+]23)=CC1=[N+]5C(=C4c2cccc3cc4cccc(C5=C6C(C)=C(CC)C7=[N+]6C68n9c(c(CC)c(C)c95)C=C5C(C)=C(CC)C(=[N+]56)C=c5c(CC)c(C)c(n58)=C7)c4cc23)C(C)=C1CC. The van der Waals surface area contributed by atoms with Crippen molar-refractivity contribution in [3.8, 4) is 0 Å². The molecule has 2 atom stereocenters. The molecule has 0 amide bonds. The Balaban J connectivity index is 0.946. The highest BCUT2D eigenvalue weighted by Gasteiger charge is 2.76.